The van der Waals surface area contributed by atoms with E-state index >= 15 is 0 Å². The third-order valence-electron chi connectivity index (χ3n) is 2.22. The van der Waals surface area contributed by atoms with Crippen LogP contribution < -0.4 is 5.73 Å². The summed E-state index contributed by atoms with van der Waals surface area (Å²) in [6, 6.07) is 0.120. The van der Waals surface area contributed by atoms with Crippen LogP contribution >= 0.6 is 0 Å². The number of nitrogens with two attached hydrogens (primary N) is 1. The molecule has 1 saturated carbocycles. The fourth-order valence-corrected chi connectivity index (χ4v) is 1.44. The van der Waals surface area contributed by atoms with Crippen LogP contribution in [0.1, 0.15) is 32.6 Å². The molecule has 1 rings (SSSR count). The molecule has 2 atom stereocenters. The maximum absolute atomic E-state index is 13.2. The molecule has 2 heteroatoms. The van der Waals surface area contributed by atoms with E-state index in [1.807, 2.05) is 6.92 Å². The monoisotopic (exact) mass is 131 g/mol. The van der Waals surface area contributed by atoms with E-state index in [0.717, 1.165) is 6.42 Å². The Morgan fingerprint density at radius 1 is 1.78 bits per heavy atom. The Morgan fingerprint density at radius 2 is 2.44 bits per heavy atom. The van der Waals surface area contributed by atoms with Crippen LogP contribution in [0, 0.1) is 0 Å². The van der Waals surface area contributed by atoms with Crippen molar-refractivity contribution in [1.82, 2.24) is 0 Å². The molecule has 0 aliphatic heterocycles. The Morgan fingerprint density at radius 3 is 2.67 bits per heavy atom. The van der Waals surface area contributed by atoms with Gasteiger partial charge in [-0.15, -0.1) is 0 Å². The molecule has 9 heavy (non-hydrogen) atoms. The fourth-order valence-electron chi connectivity index (χ4n) is 1.44. The van der Waals surface area contributed by atoms with Gasteiger partial charge in [-0.3, -0.25) is 0 Å². The first-order valence-electron chi connectivity index (χ1n) is 3.61. The van der Waals surface area contributed by atoms with E-state index in [-0.39, 0.29) is 6.04 Å². The van der Waals surface area contributed by atoms with Crippen LogP contribution in [-0.2, 0) is 0 Å². The first-order valence-corrected chi connectivity index (χ1v) is 3.61. The predicted octanol–water partition coefficient (Wildman–Crippen LogP) is 1.62. The Bertz CT molecular complexity index is 105. The highest BCUT2D eigenvalue weighted by Crippen LogP contribution is 2.35. The van der Waals surface area contributed by atoms with Gasteiger partial charge in [0.15, 0.2) is 0 Å². The Labute approximate surface area is 55.4 Å². The lowest BCUT2D eigenvalue weighted by Crippen LogP contribution is -2.22. The van der Waals surface area contributed by atoms with Gasteiger partial charge in [-0.1, -0.05) is 6.92 Å². The van der Waals surface area contributed by atoms with Crippen LogP contribution in [0.4, 0.5) is 4.39 Å². The van der Waals surface area contributed by atoms with E-state index in [1.165, 1.54) is 0 Å². The minimum Gasteiger partial charge on any atom is -0.328 e. The molecule has 0 heterocycles. The van der Waals surface area contributed by atoms with E-state index in [4.69, 9.17) is 5.73 Å². The van der Waals surface area contributed by atoms with Crippen molar-refractivity contribution in [1.29, 1.82) is 0 Å². The summed E-state index contributed by atoms with van der Waals surface area (Å²) in [5, 5.41) is 0. The average Bonchev–Trinajstić information content (AvgIpc) is 2.13. The van der Waals surface area contributed by atoms with Crippen molar-refractivity contribution < 1.29 is 4.39 Å². The van der Waals surface area contributed by atoms with Crippen LogP contribution in [0.2, 0.25) is 0 Å². The molecular formula is C7H14FN. The quantitative estimate of drug-likeness (QED) is 0.575. The number of hydrogen-bond acceptors (Lipinski definition) is 1. The molecule has 0 radical (unpaired) electrons. The zero-order valence-electron chi connectivity index (χ0n) is 5.86. The Kier molecular flexibility index (Phi) is 1.75. The molecule has 1 fully saturated rings. The minimum absolute atomic E-state index is 0.120. The Hall–Kier alpha value is -0.110. The predicted molar refractivity (Wildman–Crippen MR) is 36.0 cm³/mol. The average molecular weight is 131 g/mol. The summed E-state index contributed by atoms with van der Waals surface area (Å²) in [5.74, 6) is 0. The molecular weight excluding hydrogens is 117 g/mol. The third-order valence-corrected chi connectivity index (χ3v) is 2.22. The molecule has 54 valence electrons. The van der Waals surface area contributed by atoms with Crippen molar-refractivity contribution in [3.05, 3.63) is 0 Å². The molecule has 1 nitrogen and oxygen atoms in total. The van der Waals surface area contributed by atoms with Gasteiger partial charge >= 0.3 is 0 Å². The standard InChI is InChI=1S/C7H14FN/c1-2-7(8)4-3-6(9)5-7/h6H,2-5,9H2,1H3. The zero-order valence-corrected chi connectivity index (χ0v) is 5.86. The lowest BCUT2D eigenvalue weighted by Gasteiger charge is -2.15. The molecule has 2 unspecified atom stereocenters. The van der Waals surface area contributed by atoms with Crippen molar-refractivity contribution in [3.8, 4) is 0 Å². The van der Waals surface area contributed by atoms with Gasteiger partial charge in [0.05, 0.1) is 0 Å². The molecule has 1 aliphatic carbocycles. The van der Waals surface area contributed by atoms with Gasteiger partial charge in [0.2, 0.25) is 0 Å². The number of rotatable bonds is 1. The Balaban J connectivity index is 2.45. The van der Waals surface area contributed by atoms with Gasteiger partial charge < -0.3 is 5.73 Å². The summed E-state index contributed by atoms with van der Waals surface area (Å²) >= 11 is 0. The van der Waals surface area contributed by atoms with Gasteiger partial charge in [0.1, 0.15) is 5.67 Å². The highest BCUT2D eigenvalue weighted by atomic mass is 19.1. The molecule has 0 amide bonds. The van der Waals surface area contributed by atoms with Crippen LogP contribution in [-0.4, -0.2) is 11.7 Å². The summed E-state index contributed by atoms with van der Waals surface area (Å²) in [7, 11) is 0. The SMILES string of the molecule is CCC1(F)CCC(N)C1. The van der Waals surface area contributed by atoms with Gasteiger partial charge in [-0.2, -0.15) is 0 Å². The van der Waals surface area contributed by atoms with E-state index in [1.54, 1.807) is 0 Å². The topological polar surface area (TPSA) is 26.0 Å². The molecule has 0 aromatic carbocycles. The maximum atomic E-state index is 13.2. The van der Waals surface area contributed by atoms with Gasteiger partial charge in [-0.25, -0.2) is 4.39 Å². The smallest absolute Gasteiger partial charge is 0.112 e. The molecule has 0 spiro atoms. The van der Waals surface area contributed by atoms with Crippen molar-refractivity contribution in [3.63, 3.8) is 0 Å². The van der Waals surface area contributed by atoms with Crippen LogP contribution in [0.3, 0.4) is 0 Å². The van der Waals surface area contributed by atoms with E-state index in [0.29, 0.717) is 19.3 Å². The largest absolute Gasteiger partial charge is 0.328 e. The first kappa shape index (κ1) is 7.00. The van der Waals surface area contributed by atoms with Crippen molar-refractivity contribution in [2.24, 2.45) is 5.73 Å². The molecule has 0 aromatic rings. The molecule has 0 aromatic heterocycles. The van der Waals surface area contributed by atoms with Crippen LogP contribution in [0.5, 0.6) is 0 Å². The van der Waals surface area contributed by atoms with Gasteiger partial charge in [0, 0.05) is 6.04 Å². The van der Waals surface area contributed by atoms with E-state index in [9.17, 15) is 4.39 Å². The first-order chi connectivity index (χ1) is 4.16. The summed E-state index contributed by atoms with van der Waals surface area (Å²) in [5.41, 5.74) is 4.63. The second-order valence-corrected chi connectivity index (χ2v) is 3.01. The summed E-state index contributed by atoms with van der Waals surface area (Å²) in [4.78, 5) is 0. The summed E-state index contributed by atoms with van der Waals surface area (Å²) in [6.45, 7) is 1.89. The maximum Gasteiger partial charge on any atom is 0.112 e. The molecule has 0 bridgehead atoms. The highest BCUT2D eigenvalue weighted by Gasteiger charge is 2.35. The third kappa shape index (κ3) is 1.42. The van der Waals surface area contributed by atoms with E-state index < -0.39 is 5.67 Å². The fraction of sp³-hybridized carbons (Fsp3) is 1.00. The van der Waals surface area contributed by atoms with Crippen molar-refractivity contribution in [2.75, 3.05) is 0 Å². The molecule has 1 aliphatic rings. The van der Waals surface area contributed by atoms with Crippen molar-refractivity contribution >= 4 is 0 Å². The molecule has 0 saturated heterocycles. The zero-order chi connectivity index (χ0) is 6.91. The number of halogens is 1. The normalized spacial score (nSPS) is 43.7. The van der Waals surface area contributed by atoms with Gasteiger partial charge in [0.25, 0.3) is 0 Å². The number of alkyl halides is 1. The lowest BCUT2D eigenvalue weighted by molar-refractivity contribution is 0.164. The molecule has 2 N–H and O–H groups in total. The second kappa shape index (κ2) is 2.25. The highest BCUT2D eigenvalue weighted by molar-refractivity contribution is 4.90. The second-order valence-electron chi connectivity index (χ2n) is 3.01. The lowest BCUT2D eigenvalue weighted by atomic mass is 10.0. The van der Waals surface area contributed by atoms with E-state index in [2.05, 4.69) is 0 Å². The minimum atomic E-state index is -0.917. The summed E-state index contributed by atoms with van der Waals surface area (Å²) < 4.78 is 13.2. The number of hydrogen-bond donors (Lipinski definition) is 1. The van der Waals surface area contributed by atoms with Crippen molar-refractivity contribution in [2.45, 2.75) is 44.3 Å². The van der Waals surface area contributed by atoms with Crippen LogP contribution in [0.15, 0.2) is 0 Å². The van der Waals surface area contributed by atoms with Gasteiger partial charge in [-0.05, 0) is 25.7 Å². The van der Waals surface area contributed by atoms with Crippen LogP contribution in [0.25, 0.3) is 0 Å². The summed E-state index contributed by atoms with van der Waals surface area (Å²) in [6.07, 6.45) is 2.74.